The topological polar surface area (TPSA) is 125 Å². The Labute approximate surface area is 162 Å². The highest BCUT2D eigenvalue weighted by Gasteiger charge is 2.25. The van der Waals surface area contributed by atoms with Crippen molar-refractivity contribution in [3.05, 3.63) is 38.2 Å². The van der Waals surface area contributed by atoms with Crippen molar-refractivity contribution in [1.82, 2.24) is 19.4 Å². The van der Waals surface area contributed by atoms with Crippen molar-refractivity contribution < 1.29 is 14.7 Å². The molecule has 0 aromatic carbocycles. The Balaban J connectivity index is 2.85. The molecule has 0 bridgehead atoms. The van der Waals surface area contributed by atoms with E-state index in [9.17, 15) is 19.2 Å². The van der Waals surface area contributed by atoms with Crippen LogP contribution in [0.3, 0.4) is 0 Å². The molecule has 0 fully saturated rings. The van der Waals surface area contributed by atoms with Crippen molar-refractivity contribution in [2.45, 2.75) is 53.0 Å². The van der Waals surface area contributed by atoms with Gasteiger partial charge in [0.1, 0.15) is 6.54 Å². The molecule has 0 saturated heterocycles. The largest absolute Gasteiger partial charge is 0.480 e. The molecular formula is C19H26N4O5. The Kier molecular flexibility index (Phi) is 6.71. The van der Waals surface area contributed by atoms with E-state index in [0.29, 0.717) is 25.1 Å². The van der Waals surface area contributed by atoms with Gasteiger partial charge in [-0.05, 0) is 24.8 Å². The van der Waals surface area contributed by atoms with Crippen molar-refractivity contribution >= 4 is 22.9 Å². The third kappa shape index (κ3) is 4.29. The SMILES string of the molecule is CCCN(CC(=O)O)C(=O)c1cc(C(C)C)nc2c1c(=O)[nH]c(=O)n2CCC. The summed E-state index contributed by atoms with van der Waals surface area (Å²) in [4.78, 5) is 57.1. The quantitative estimate of drug-likeness (QED) is 0.704. The van der Waals surface area contributed by atoms with Gasteiger partial charge in [-0.1, -0.05) is 27.7 Å². The number of hydrogen-bond donors (Lipinski definition) is 2. The van der Waals surface area contributed by atoms with Crippen LogP contribution >= 0.6 is 0 Å². The maximum Gasteiger partial charge on any atom is 0.329 e. The van der Waals surface area contributed by atoms with Gasteiger partial charge in [0.05, 0.1) is 10.9 Å². The van der Waals surface area contributed by atoms with E-state index in [-0.39, 0.29) is 29.1 Å². The first-order chi connectivity index (χ1) is 13.2. The molecule has 9 heteroatoms. The van der Waals surface area contributed by atoms with Crippen LogP contribution in [0.15, 0.2) is 15.7 Å². The molecule has 0 aliphatic heterocycles. The Bertz CT molecular complexity index is 1010. The van der Waals surface area contributed by atoms with Crippen molar-refractivity contribution in [2.24, 2.45) is 0 Å². The minimum atomic E-state index is -1.14. The van der Waals surface area contributed by atoms with Crippen molar-refractivity contribution in [1.29, 1.82) is 0 Å². The monoisotopic (exact) mass is 390 g/mol. The summed E-state index contributed by atoms with van der Waals surface area (Å²) in [6.07, 6.45) is 1.20. The molecular weight excluding hydrogens is 364 g/mol. The number of aromatic nitrogens is 3. The lowest BCUT2D eigenvalue weighted by molar-refractivity contribution is -0.137. The van der Waals surface area contributed by atoms with Gasteiger partial charge < -0.3 is 10.0 Å². The van der Waals surface area contributed by atoms with E-state index >= 15 is 0 Å². The molecule has 0 radical (unpaired) electrons. The molecule has 0 spiro atoms. The van der Waals surface area contributed by atoms with Crippen LogP contribution in [0, 0.1) is 0 Å². The van der Waals surface area contributed by atoms with Gasteiger partial charge in [0.25, 0.3) is 11.5 Å². The second kappa shape index (κ2) is 8.81. The summed E-state index contributed by atoms with van der Waals surface area (Å²) in [5.41, 5.74) is -0.517. The molecule has 152 valence electrons. The first-order valence-electron chi connectivity index (χ1n) is 9.40. The average molecular weight is 390 g/mol. The van der Waals surface area contributed by atoms with Gasteiger partial charge in [0.2, 0.25) is 0 Å². The van der Waals surface area contributed by atoms with Crippen LogP contribution in [0.1, 0.15) is 62.5 Å². The number of carboxylic acids is 1. The molecule has 2 aromatic rings. The normalized spacial score (nSPS) is 11.2. The Morgan fingerprint density at radius 3 is 2.46 bits per heavy atom. The summed E-state index contributed by atoms with van der Waals surface area (Å²) in [7, 11) is 0. The number of carboxylic acid groups (broad SMARTS) is 1. The number of hydrogen-bond acceptors (Lipinski definition) is 5. The minimum Gasteiger partial charge on any atom is -0.480 e. The molecule has 2 rings (SSSR count). The fraction of sp³-hybridized carbons (Fsp3) is 0.526. The molecule has 0 saturated carbocycles. The number of nitrogens with zero attached hydrogens (tertiary/aromatic N) is 3. The molecule has 2 aromatic heterocycles. The molecule has 0 atom stereocenters. The highest BCUT2D eigenvalue weighted by atomic mass is 16.4. The Hall–Kier alpha value is -2.97. The van der Waals surface area contributed by atoms with Crippen molar-refractivity contribution in [3.8, 4) is 0 Å². The fourth-order valence-electron chi connectivity index (χ4n) is 3.04. The molecule has 0 aliphatic carbocycles. The highest BCUT2D eigenvalue weighted by Crippen LogP contribution is 2.21. The summed E-state index contributed by atoms with van der Waals surface area (Å²) >= 11 is 0. The zero-order valence-corrected chi connectivity index (χ0v) is 16.6. The van der Waals surface area contributed by atoms with Crippen LogP contribution in [0.5, 0.6) is 0 Å². The first kappa shape index (κ1) is 21.3. The number of fused-ring (bicyclic) bond motifs is 1. The highest BCUT2D eigenvalue weighted by molar-refractivity contribution is 6.06. The molecule has 0 unspecified atom stereocenters. The number of aliphatic carboxylic acids is 1. The second-order valence-corrected chi connectivity index (χ2v) is 6.98. The average Bonchev–Trinajstić information content (AvgIpc) is 2.62. The number of aryl methyl sites for hydroxylation is 1. The third-order valence-electron chi connectivity index (χ3n) is 4.34. The Morgan fingerprint density at radius 1 is 1.25 bits per heavy atom. The standard InChI is InChI=1S/C19H26N4O5/c1-5-7-22(10-14(24)25)18(27)12-9-13(11(3)4)20-16-15(12)17(26)21-19(28)23(16)8-6-2/h9,11H,5-8,10H2,1-4H3,(H,24,25)(H,21,26,28). The van der Waals surface area contributed by atoms with Gasteiger partial charge in [-0.25, -0.2) is 9.78 Å². The zero-order chi connectivity index (χ0) is 21.0. The summed E-state index contributed by atoms with van der Waals surface area (Å²) in [5.74, 6) is -1.76. The smallest absolute Gasteiger partial charge is 0.329 e. The van der Waals surface area contributed by atoms with Gasteiger partial charge in [-0.3, -0.25) is 23.9 Å². The number of rotatable bonds is 8. The number of carbonyl (C=O) groups is 2. The summed E-state index contributed by atoms with van der Waals surface area (Å²) in [6, 6.07) is 1.52. The van der Waals surface area contributed by atoms with Gasteiger partial charge in [-0.15, -0.1) is 0 Å². The van der Waals surface area contributed by atoms with Gasteiger partial charge in [-0.2, -0.15) is 0 Å². The number of H-pyrrole nitrogens is 1. The maximum absolute atomic E-state index is 13.2. The number of amides is 1. The van der Waals surface area contributed by atoms with Gasteiger partial charge in [0, 0.05) is 18.8 Å². The van der Waals surface area contributed by atoms with Gasteiger partial charge >= 0.3 is 11.7 Å². The summed E-state index contributed by atoms with van der Waals surface area (Å²) in [6.45, 7) is 7.59. The van der Waals surface area contributed by atoms with E-state index in [2.05, 4.69) is 9.97 Å². The van der Waals surface area contributed by atoms with Crippen LogP contribution in [0.25, 0.3) is 11.0 Å². The molecule has 1 amide bonds. The predicted molar refractivity (Wildman–Crippen MR) is 105 cm³/mol. The van der Waals surface area contributed by atoms with Crippen LogP contribution in [-0.2, 0) is 11.3 Å². The second-order valence-electron chi connectivity index (χ2n) is 6.98. The number of carbonyl (C=O) groups excluding carboxylic acids is 1. The van der Waals surface area contributed by atoms with E-state index < -0.39 is 29.7 Å². The lowest BCUT2D eigenvalue weighted by Crippen LogP contribution is -2.38. The summed E-state index contributed by atoms with van der Waals surface area (Å²) in [5, 5.41) is 9.16. The van der Waals surface area contributed by atoms with E-state index in [4.69, 9.17) is 5.11 Å². The van der Waals surface area contributed by atoms with Crippen LogP contribution in [0.4, 0.5) is 0 Å². The lowest BCUT2D eigenvalue weighted by atomic mass is 10.0. The first-order valence-corrected chi connectivity index (χ1v) is 9.40. The van der Waals surface area contributed by atoms with E-state index in [1.807, 2.05) is 27.7 Å². The van der Waals surface area contributed by atoms with E-state index in [1.54, 1.807) is 0 Å². The predicted octanol–water partition coefficient (Wildman–Crippen LogP) is 1.55. The fourth-order valence-corrected chi connectivity index (χ4v) is 3.04. The Morgan fingerprint density at radius 2 is 1.93 bits per heavy atom. The number of aromatic amines is 1. The van der Waals surface area contributed by atoms with Crippen molar-refractivity contribution in [3.63, 3.8) is 0 Å². The minimum absolute atomic E-state index is 0.00828. The van der Waals surface area contributed by atoms with Gasteiger partial charge in [0.15, 0.2) is 5.65 Å². The third-order valence-corrected chi connectivity index (χ3v) is 4.34. The molecule has 0 aliphatic rings. The summed E-state index contributed by atoms with van der Waals surface area (Å²) < 4.78 is 1.35. The molecule has 9 nitrogen and oxygen atoms in total. The van der Waals surface area contributed by atoms with E-state index in [0.717, 1.165) is 0 Å². The maximum atomic E-state index is 13.2. The zero-order valence-electron chi connectivity index (χ0n) is 16.6. The lowest BCUT2D eigenvalue weighted by Gasteiger charge is -2.22. The number of nitrogens with one attached hydrogen (secondary N) is 1. The van der Waals surface area contributed by atoms with Crippen LogP contribution in [0.2, 0.25) is 0 Å². The molecule has 2 N–H and O–H groups in total. The molecule has 28 heavy (non-hydrogen) atoms. The number of pyridine rings is 1. The van der Waals surface area contributed by atoms with Crippen LogP contribution in [-0.4, -0.2) is 49.5 Å². The van der Waals surface area contributed by atoms with Crippen molar-refractivity contribution in [2.75, 3.05) is 13.1 Å². The molecule has 2 heterocycles. The van der Waals surface area contributed by atoms with E-state index in [1.165, 1.54) is 15.5 Å². The van der Waals surface area contributed by atoms with Crippen LogP contribution < -0.4 is 11.2 Å².